The van der Waals surface area contributed by atoms with Crippen molar-refractivity contribution in [2.75, 3.05) is 6.61 Å². The molecule has 0 amide bonds. The van der Waals surface area contributed by atoms with Gasteiger partial charge in [0.1, 0.15) is 0 Å². The van der Waals surface area contributed by atoms with Crippen molar-refractivity contribution in [3.05, 3.63) is 0 Å². The van der Waals surface area contributed by atoms with Crippen molar-refractivity contribution in [2.24, 2.45) is 17.4 Å². The minimum Gasteiger partial charge on any atom is -0.396 e. The van der Waals surface area contributed by atoms with E-state index in [9.17, 15) is 0 Å². The van der Waals surface area contributed by atoms with Crippen LogP contribution in [-0.2, 0) is 0 Å². The van der Waals surface area contributed by atoms with Crippen LogP contribution in [0.5, 0.6) is 0 Å². The Kier molecular flexibility index (Phi) is 3.07. The third-order valence-electron chi connectivity index (χ3n) is 1.37. The Labute approximate surface area is 54.5 Å². The van der Waals surface area contributed by atoms with Gasteiger partial charge >= 0.3 is 0 Å². The van der Waals surface area contributed by atoms with Crippen molar-refractivity contribution >= 4 is 0 Å². The monoisotopic (exact) mass is 134 g/mol. The maximum atomic E-state index is 8.87. The molecule has 9 heavy (non-hydrogen) atoms. The van der Waals surface area contributed by atoms with Crippen LogP contribution in [-0.4, -0.2) is 22.7 Å². The fourth-order valence-electron chi connectivity index (χ4n) is 0.602. The highest BCUT2D eigenvalue weighted by atomic mass is 16.3. The molecule has 6 N–H and O–H groups in total. The van der Waals surface area contributed by atoms with Gasteiger partial charge in [-0.05, 0) is 6.42 Å². The van der Waals surface area contributed by atoms with Gasteiger partial charge in [-0.15, -0.1) is 0 Å². The lowest BCUT2D eigenvalue weighted by molar-refractivity contribution is -0.0311. The lowest BCUT2D eigenvalue weighted by Gasteiger charge is -2.25. The molecule has 0 aliphatic heterocycles. The molecule has 0 radical (unpaired) electrons. The van der Waals surface area contributed by atoms with E-state index in [1.807, 2.05) is 0 Å². The van der Waals surface area contributed by atoms with Gasteiger partial charge in [-0.1, -0.05) is 6.92 Å². The number of aliphatic hydroxyl groups is 2. The summed E-state index contributed by atoms with van der Waals surface area (Å²) >= 11 is 0. The van der Waals surface area contributed by atoms with Crippen LogP contribution in [0.25, 0.3) is 0 Å². The Morgan fingerprint density at radius 3 is 2.00 bits per heavy atom. The molecule has 0 aromatic carbocycles. The van der Waals surface area contributed by atoms with Crippen LogP contribution >= 0.6 is 0 Å². The van der Waals surface area contributed by atoms with Gasteiger partial charge < -0.3 is 10.2 Å². The van der Waals surface area contributed by atoms with Gasteiger partial charge in [-0.2, -0.15) is 0 Å². The molecule has 0 heterocycles. The van der Waals surface area contributed by atoms with Crippen LogP contribution in [0.4, 0.5) is 0 Å². The highest BCUT2D eigenvalue weighted by Gasteiger charge is 2.25. The SMILES string of the molecule is CCC(CO)C(N)(N)O. The van der Waals surface area contributed by atoms with E-state index in [-0.39, 0.29) is 6.61 Å². The maximum Gasteiger partial charge on any atom is 0.171 e. The number of hydrogen-bond donors (Lipinski definition) is 4. The molecule has 4 nitrogen and oxygen atoms in total. The molecule has 1 unspecified atom stereocenters. The molecular formula is C5H14N2O2. The van der Waals surface area contributed by atoms with Crippen molar-refractivity contribution in [1.82, 2.24) is 0 Å². The third-order valence-corrected chi connectivity index (χ3v) is 1.37. The number of hydrogen-bond acceptors (Lipinski definition) is 4. The minimum absolute atomic E-state index is 0.181. The first-order valence-corrected chi connectivity index (χ1v) is 2.93. The molecule has 0 aromatic heterocycles. The van der Waals surface area contributed by atoms with Crippen LogP contribution in [0.15, 0.2) is 0 Å². The van der Waals surface area contributed by atoms with E-state index >= 15 is 0 Å². The first kappa shape index (κ1) is 8.84. The Balaban J connectivity index is 3.79. The summed E-state index contributed by atoms with van der Waals surface area (Å²) in [6.45, 7) is 1.62. The number of nitrogens with two attached hydrogens (primary N) is 2. The van der Waals surface area contributed by atoms with Crippen LogP contribution in [0.1, 0.15) is 13.3 Å². The summed E-state index contributed by atoms with van der Waals surface area (Å²) in [4.78, 5) is 0. The molecule has 0 fully saturated rings. The van der Waals surface area contributed by atoms with Gasteiger partial charge in [0, 0.05) is 5.92 Å². The third kappa shape index (κ3) is 2.76. The van der Waals surface area contributed by atoms with Gasteiger partial charge in [-0.25, -0.2) is 0 Å². The van der Waals surface area contributed by atoms with Crippen molar-refractivity contribution in [1.29, 1.82) is 0 Å². The highest BCUT2D eigenvalue weighted by molar-refractivity contribution is 4.71. The van der Waals surface area contributed by atoms with E-state index < -0.39 is 11.8 Å². The second-order valence-corrected chi connectivity index (χ2v) is 2.18. The van der Waals surface area contributed by atoms with Crippen molar-refractivity contribution in [3.8, 4) is 0 Å². The van der Waals surface area contributed by atoms with Crippen LogP contribution < -0.4 is 11.5 Å². The smallest absolute Gasteiger partial charge is 0.171 e. The molecule has 0 aliphatic carbocycles. The van der Waals surface area contributed by atoms with E-state index in [0.717, 1.165) is 0 Å². The summed E-state index contributed by atoms with van der Waals surface area (Å²) < 4.78 is 0. The summed E-state index contributed by atoms with van der Waals surface area (Å²) in [7, 11) is 0. The zero-order valence-electron chi connectivity index (χ0n) is 5.54. The molecular weight excluding hydrogens is 120 g/mol. The van der Waals surface area contributed by atoms with Gasteiger partial charge in [0.15, 0.2) is 5.85 Å². The van der Waals surface area contributed by atoms with E-state index in [2.05, 4.69) is 0 Å². The molecule has 0 aromatic rings. The lowest BCUT2D eigenvalue weighted by Crippen LogP contribution is -2.56. The van der Waals surface area contributed by atoms with Gasteiger partial charge in [0.25, 0.3) is 0 Å². The van der Waals surface area contributed by atoms with Crippen LogP contribution in [0, 0.1) is 5.92 Å². The Morgan fingerprint density at radius 1 is 1.56 bits per heavy atom. The maximum absolute atomic E-state index is 8.87. The van der Waals surface area contributed by atoms with Crippen molar-refractivity contribution in [2.45, 2.75) is 19.2 Å². The molecule has 4 heteroatoms. The highest BCUT2D eigenvalue weighted by Crippen LogP contribution is 2.08. The van der Waals surface area contributed by atoms with Crippen LogP contribution in [0.2, 0.25) is 0 Å². The minimum atomic E-state index is -1.73. The summed E-state index contributed by atoms with van der Waals surface area (Å²) in [5, 5.41) is 17.4. The average Bonchev–Trinajstić information content (AvgIpc) is 1.65. The van der Waals surface area contributed by atoms with Gasteiger partial charge in [0.05, 0.1) is 6.61 Å². The van der Waals surface area contributed by atoms with E-state index in [1.165, 1.54) is 0 Å². The molecule has 0 aliphatic rings. The summed E-state index contributed by atoms with van der Waals surface area (Å²) in [6.07, 6.45) is 0.569. The topological polar surface area (TPSA) is 92.5 Å². The summed E-state index contributed by atoms with van der Waals surface area (Å²) in [5.41, 5.74) is 10.1. The van der Waals surface area contributed by atoms with Crippen LogP contribution in [0.3, 0.4) is 0 Å². The predicted molar refractivity (Wildman–Crippen MR) is 34.2 cm³/mol. The van der Waals surface area contributed by atoms with Crippen molar-refractivity contribution in [3.63, 3.8) is 0 Å². The Morgan fingerprint density at radius 2 is 2.00 bits per heavy atom. The number of aliphatic hydroxyl groups excluding tert-OH is 1. The molecule has 1 atom stereocenters. The first-order valence-electron chi connectivity index (χ1n) is 2.93. The van der Waals surface area contributed by atoms with Gasteiger partial charge in [-0.3, -0.25) is 11.5 Å². The number of rotatable bonds is 3. The molecule has 0 saturated carbocycles. The zero-order chi connectivity index (χ0) is 7.49. The quantitative estimate of drug-likeness (QED) is 0.356. The second kappa shape index (κ2) is 3.12. The fourth-order valence-corrected chi connectivity index (χ4v) is 0.602. The zero-order valence-corrected chi connectivity index (χ0v) is 5.54. The Bertz CT molecular complexity index is 75.5. The molecule has 0 saturated heterocycles. The van der Waals surface area contributed by atoms with E-state index in [1.54, 1.807) is 6.92 Å². The Hall–Kier alpha value is -0.160. The summed E-state index contributed by atoms with van der Waals surface area (Å²) in [6, 6.07) is 0. The van der Waals surface area contributed by atoms with E-state index in [4.69, 9.17) is 21.7 Å². The fraction of sp³-hybridized carbons (Fsp3) is 1.00. The standard InChI is InChI=1S/C5H14N2O2/c1-2-4(3-8)5(6,7)9/h4,8-9H,2-3,6-7H2,1H3. The predicted octanol–water partition coefficient (Wildman–Crippen LogP) is -1.43. The normalized spacial score (nSPS) is 15.7. The van der Waals surface area contributed by atoms with E-state index in [0.29, 0.717) is 6.42 Å². The summed E-state index contributed by atoms with van der Waals surface area (Å²) in [5.74, 6) is -2.17. The van der Waals surface area contributed by atoms with Crippen molar-refractivity contribution < 1.29 is 10.2 Å². The average molecular weight is 134 g/mol. The first-order chi connectivity index (χ1) is 4.02. The lowest BCUT2D eigenvalue weighted by atomic mass is 10.0. The largest absolute Gasteiger partial charge is 0.396 e. The van der Waals surface area contributed by atoms with Gasteiger partial charge in [0.2, 0.25) is 0 Å². The molecule has 0 rings (SSSR count). The molecule has 0 bridgehead atoms. The molecule has 56 valence electrons. The molecule has 0 spiro atoms. The second-order valence-electron chi connectivity index (χ2n) is 2.18.